The Morgan fingerprint density at radius 1 is 1.00 bits per heavy atom. The molecule has 2 aliphatic heterocycles. The third-order valence-electron chi connectivity index (χ3n) is 7.20. The van der Waals surface area contributed by atoms with E-state index >= 15 is 0 Å². The van der Waals surface area contributed by atoms with Gasteiger partial charge in [0.05, 0.1) is 12.7 Å². The largest absolute Gasteiger partial charge is 0.490 e. The molecule has 0 radical (unpaired) electrons. The molecule has 3 fully saturated rings. The van der Waals surface area contributed by atoms with E-state index in [2.05, 4.69) is 4.90 Å². The van der Waals surface area contributed by atoms with Crippen molar-refractivity contribution in [3.8, 4) is 5.75 Å². The van der Waals surface area contributed by atoms with Crippen molar-refractivity contribution in [3.63, 3.8) is 0 Å². The van der Waals surface area contributed by atoms with Crippen molar-refractivity contribution >= 4 is 5.91 Å². The maximum absolute atomic E-state index is 12.9. The molecule has 166 valence electrons. The molecule has 6 heteroatoms. The van der Waals surface area contributed by atoms with Gasteiger partial charge in [0, 0.05) is 38.3 Å². The topological polar surface area (TPSA) is 73.2 Å². The molecule has 1 saturated carbocycles. The van der Waals surface area contributed by atoms with Crippen LogP contribution in [0.25, 0.3) is 0 Å². The summed E-state index contributed by atoms with van der Waals surface area (Å²) in [7, 11) is 0. The first-order valence-electron chi connectivity index (χ1n) is 11.7. The fourth-order valence-electron chi connectivity index (χ4n) is 5.40. The van der Waals surface area contributed by atoms with Gasteiger partial charge in [-0.2, -0.15) is 0 Å². The maximum Gasteiger partial charge on any atom is 0.253 e. The predicted octanol–water partition coefficient (Wildman–Crippen LogP) is 2.54. The lowest BCUT2D eigenvalue weighted by atomic mass is 9.90. The minimum atomic E-state index is -0.670. The van der Waals surface area contributed by atoms with Gasteiger partial charge in [-0.15, -0.1) is 0 Å². The van der Waals surface area contributed by atoms with Gasteiger partial charge in [-0.1, -0.05) is 25.7 Å². The second-order valence-corrected chi connectivity index (χ2v) is 9.32. The number of nitrogens with zero attached hydrogens (tertiary/aromatic N) is 2. The highest BCUT2D eigenvalue weighted by Crippen LogP contribution is 2.36. The second-order valence-electron chi connectivity index (χ2n) is 9.32. The zero-order valence-corrected chi connectivity index (χ0v) is 17.9. The first-order valence-corrected chi connectivity index (χ1v) is 11.7. The number of hydrogen-bond acceptors (Lipinski definition) is 5. The van der Waals surface area contributed by atoms with Gasteiger partial charge in [-0.3, -0.25) is 4.79 Å². The van der Waals surface area contributed by atoms with E-state index < -0.39 is 6.10 Å². The van der Waals surface area contributed by atoms with Crippen LogP contribution in [0.15, 0.2) is 24.3 Å². The fraction of sp³-hybridized carbons (Fsp3) is 0.708. The van der Waals surface area contributed by atoms with E-state index in [9.17, 15) is 9.90 Å². The smallest absolute Gasteiger partial charge is 0.253 e. The lowest BCUT2D eigenvalue weighted by Crippen LogP contribution is -2.42. The number of aliphatic hydroxyl groups excluding tert-OH is 2. The Morgan fingerprint density at radius 3 is 2.37 bits per heavy atom. The highest BCUT2D eigenvalue weighted by Gasteiger charge is 2.33. The zero-order chi connectivity index (χ0) is 20.9. The van der Waals surface area contributed by atoms with Crippen molar-refractivity contribution in [2.75, 3.05) is 39.3 Å². The minimum absolute atomic E-state index is 0.151. The Kier molecular flexibility index (Phi) is 7.28. The van der Waals surface area contributed by atoms with Crippen molar-refractivity contribution in [1.82, 2.24) is 9.80 Å². The Labute approximate surface area is 179 Å². The van der Waals surface area contributed by atoms with Crippen LogP contribution < -0.4 is 4.74 Å². The quantitative estimate of drug-likeness (QED) is 0.715. The summed E-state index contributed by atoms with van der Waals surface area (Å²) in [6.45, 7) is 3.84. The number of ether oxygens (including phenoxy) is 1. The number of rotatable bonds is 7. The molecule has 30 heavy (non-hydrogen) atoms. The summed E-state index contributed by atoms with van der Waals surface area (Å²) < 4.78 is 6.12. The summed E-state index contributed by atoms with van der Waals surface area (Å²) in [6, 6.07) is 7.62. The van der Waals surface area contributed by atoms with Crippen LogP contribution in [-0.2, 0) is 0 Å². The predicted molar refractivity (Wildman–Crippen MR) is 116 cm³/mol. The van der Waals surface area contributed by atoms with Crippen molar-refractivity contribution in [2.45, 2.75) is 57.2 Å². The Hall–Kier alpha value is -1.63. The van der Waals surface area contributed by atoms with E-state index in [1.807, 2.05) is 29.2 Å². The standard InChI is InChI=1S/C24H36N2O4/c27-17-21(28)16-25-12-10-23(11-13-25)30-22-7-5-19(6-8-22)24(29)26-14-9-20(15-26)18-3-1-2-4-18/h5-8,18,20-21,23,27-28H,1-4,9-17H2. The zero-order valence-electron chi connectivity index (χ0n) is 17.9. The molecule has 1 amide bonds. The molecule has 6 nitrogen and oxygen atoms in total. The average molecular weight is 417 g/mol. The van der Waals surface area contributed by atoms with Crippen LogP contribution in [0.3, 0.4) is 0 Å². The van der Waals surface area contributed by atoms with E-state index in [-0.39, 0.29) is 18.6 Å². The number of hydrogen-bond donors (Lipinski definition) is 2. The van der Waals surface area contributed by atoms with Gasteiger partial charge in [0.15, 0.2) is 0 Å². The van der Waals surface area contributed by atoms with Crippen molar-refractivity contribution in [1.29, 1.82) is 0 Å². The third-order valence-corrected chi connectivity index (χ3v) is 7.20. The molecule has 1 aromatic carbocycles. The van der Waals surface area contributed by atoms with Gasteiger partial charge in [0.1, 0.15) is 11.9 Å². The van der Waals surface area contributed by atoms with Crippen LogP contribution in [-0.4, -0.2) is 77.5 Å². The van der Waals surface area contributed by atoms with Gasteiger partial charge >= 0.3 is 0 Å². The molecular weight excluding hydrogens is 380 g/mol. The number of carbonyl (C=O) groups excluding carboxylic acids is 1. The number of likely N-dealkylation sites (tertiary alicyclic amines) is 2. The summed E-state index contributed by atoms with van der Waals surface area (Å²) in [5.74, 6) is 2.49. The molecule has 1 aromatic rings. The van der Waals surface area contributed by atoms with Crippen LogP contribution >= 0.6 is 0 Å². The highest BCUT2D eigenvalue weighted by molar-refractivity contribution is 5.94. The maximum atomic E-state index is 12.9. The lowest BCUT2D eigenvalue weighted by molar-refractivity contribution is 0.0346. The van der Waals surface area contributed by atoms with Crippen molar-refractivity contribution < 1.29 is 19.7 Å². The van der Waals surface area contributed by atoms with Crippen LogP contribution in [0.2, 0.25) is 0 Å². The monoisotopic (exact) mass is 416 g/mol. The highest BCUT2D eigenvalue weighted by atomic mass is 16.5. The first-order chi connectivity index (χ1) is 14.6. The van der Waals surface area contributed by atoms with Crippen LogP contribution in [0.1, 0.15) is 55.3 Å². The fourth-order valence-corrected chi connectivity index (χ4v) is 5.40. The summed E-state index contributed by atoms with van der Waals surface area (Å²) >= 11 is 0. The molecule has 4 rings (SSSR count). The van der Waals surface area contributed by atoms with Gasteiger partial charge in [-0.25, -0.2) is 0 Å². The number of piperidine rings is 1. The van der Waals surface area contributed by atoms with Crippen molar-refractivity contribution in [3.05, 3.63) is 29.8 Å². The number of β-amino-alcohol motifs (C(OH)–C–C–N with tert-alkyl or cyclic N) is 1. The molecule has 2 N–H and O–H groups in total. The van der Waals surface area contributed by atoms with Crippen LogP contribution in [0.5, 0.6) is 5.75 Å². The molecule has 2 saturated heterocycles. The Morgan fingerprint density at radius 2 is 1.70 bits per heavy atom. The minimum Gasteiger partial charge on any atom is -0.490 e. The van der Waals surface area contributed by atoms with E-state index in [1.165, 1.54) is 25.7 Å². The average Bonchev–Trinajstić information content (AvgIpc) is 3.47. The van der Waals surface area contributed by atoms with Gasteiger partial charge in [0.25, 0.3) is 5.91 Å². The molecule has 1 aliphatic carbocycles. The van der Waals surface area contributed by atoms with E-state index in [0.717, 1.165) is 62.7 Å². The molecule has 2 heterocycles. The van der Waals surface area contributed by atoms with Gasteiger partial charge in [-0.05, 0) is 55.4 Å². The summed E-state index contributed by atoms with van der Waals surface area (Å²) in [5, 5.41) is 18.6. The van der Waals surface area contributed by atoms with E-state index in [4.69, 9.17) is 9.84 Å². The molecule has 0 aromatic heterocycles. The van der Waals surface area contributed by atoms with Crippen molar-refractivity contribution in [2.24, 2.45) is 11.8 Å². The summed E-state index contributed by atoms with van der Waals surface area (Å²) in [6.07, 6.45) is 7.85. The molecule has 2 unspecified atom stereocenters. The van der Waals surface area contributed by atoms with Crippen LogP contribution in [0, 0.1) is 11.8 Å². The van der Waals surface area contributed by atoms with E-state index in [0.29, 0.717) is 12.5 Å². The van der Waals surface area contributed by atoms with Gasteiger partial charge in [0.2, 0.25) is 0 Å². The van der Waals surface area contributed by atoms with Gasteiger partial charge < -0.3 is 24.7 Å². The summed E-state index contributed by atoms with van der Waals surface area (Å²) in [5.41, 5.74) is 0.752. The normalized spacial score (nSPS) is 25.0. The number of amides is 1. The third kappa shape index (κ3) is 5.34. The SMILES string of the molecule is O=C(c1ccc(OC2CCN(CC(O)CO)CC2)cc1)N1CCC(C2CCCC2)C1. The molecule has 0 spiro atoms. The molecule has 0 bridgehead atoms. The summed E-state index contributed by atoms with van der Waals surface area (Å²) in [4.78, 5) is 17.1. The Bertz CT molecular complexity index is 681. The number of carbonyl (C=O) groups is 1. The van der Waals surface area contributed by atoms with Crippen LogP contribution in [0.4, 0.5) is 0 Å². The number of aliphatic hydroxyl groups is 2. The molecular formula is C24H36N2O4. The van der Waals surface area contributed by atoms with E-state index in [1.54, 1.807) is 0 Å². The lowest BCUT2D eigenvalue weighted by Gasteiger charge is -2.33. The second kappa shape index (κ2) is 10.1. The first kappa shape index (κ1) is 21.6. The molecule has 3 aliphatic rings. The number of benzene rings is 1. The molecule has 2 atom stereocenters. The Balaban J connectivity index is 1.24.